The van der Waals surface area contributed by atoms with Crippen LogP contribution in [0.15, 0.2) is 0 Å². The summed E-state index contributed by atoms with van der Waals surface area (Å²) in [4.78, 5) is 10.5. The zero-order chi connectivity index (χ0) is 9.94. The van der Waals surface area contributed by atoms with Crippen LogP contribution in [0.25, 0.3) is 0 Å². The summed E-state index contributed by atoms with van der Waals surface area (Å²) in [5.74, 6) is -0.800. The predicted molar refractivity (Wildman–Crippen MR) is 49.2 cm³/mol. The third-order valence-corrected chi connectivity index (χ3v) is 2.17. The van der Waals surface area contributed by atoms with E-state index >= 15 is 0 Å². The van der Waals surface area contributed by atoms with Gasteiger partial charge in [0.2, 0.25) is 0 Å². The van der Waals surface area contributed by atoms with E-state index < -0.39 is 12.0 Å². The van der Waals surface area contributed by atoms with Crippen LogP contribution in [0.3, 0.4) is 0 Å². The summed E-state index contributed by atoms with van der Waals surface area (Å²) in [6.07, 6.45) is 0. The second-order valence-corrected chi connectivity index (χ2v) is 4.31. The number of rotatable bonds is 3. The van der Waals surface area contributed by atoms with Crippen molar-refractivity contribution >= 4 is 5.97 Å². The van der Waals surface area contributed by atoms with Crippen molar-refractivity contribution in [2.45, 2.75) is 46.7 Å². The van der Waals surface area contributed by atoms with Crippen molar-refractivity contribution in [3.8, 4) is 0 Å². The van der Waals surface area contributed by atoms with Crippen molar-refractivity contribution in [2.24, 2.45) is 5.41 Å². The van der Waals surface area contributed by atoms with Gasteiger partial charge in [0, 0.05) is 6.04 Å². The highest BCUT2D eigenvalue weighted by Crippen LogP contribution is 2.18. The van der Waals surface area contributed by atoms with E-state index in [4.69, 9.17) is 5.11 Å². The highest BCUT2D eigenvalue weighted by molar-refractivity contribution is 5.72. The fourth-order valence-electron chi connectivity index (χ4n) is 0.696. The van der Waals surface area contributed by atoms with Crippen molar-refractivity contribution in [3.63, 3.8) is 0 Å². The molecule has 0 spiro atoms. The number of nitrogens with one attached hydrogen (secondary N) is 1. The molecule has 3 heteroatoms. The van der Waals surface area contributed by atoms with Gasteiger partial charge in [-0.05, 0) is 19.3 Å². The van der Waals surface area contributed by atoms with E-state index in [1.54, 1.807) is 6.92 Å². The Balaban J connectivity index is 4.01. The highest BCUT2D eigenvalue weighted by atomic mass is 16.4. The maximum absolute atomic E-state index is 10.5. The molecule has 2 N–H and O–H groups in total. The number of carboxylic acid groups (broad SMARTS) is 1. The molecule has 0 bridgehead atoms. The second-order valence-electron chi connectivity index (χ2n) is 4.31. The molecule has 0 aromatic heterocycles. The van der Waals surface area contributed by atoms with Gasteiger partial charge in [-0.25, -0.2) is 0 Å². The first-order valence-electron chi connectivity index (χ1n) is 4.24. The quantitative estimate of drug-likeness (QED) is 0.679. The molecule has 0 saturated heterocycles. The normalized spacial score (nSPS) is 17.1. The van der Waals surface area contributed by atoms with Crippen LogP contribution in [0.1, 0.15) is 34.6 Å². The summed E-state index contributed by atoms with van der Waals surface area (Å²) in [5, 5.41) is 11.7. The molecule has 0 heterocycles. The van der Waals surface area contributed by atoms with Gasteiger partial charge in [0.25, 0.3) is 0 Å². The average molecular weight is 173 g/mol. The topological polar surface area (TPSA) is 49.3 Å². The van der Waals surface area contributed by atoms with Crippen LogP contribution >= 0.6 is 0 Å². The molecule has 0 unspecified atom stereocenters. The third-order valence-electron chi connectivity index (χ3n) is 2.17. The van der Waals surface area contributed by atoms with Gasteiger partial charge >= 0.3 is 5.97 Å². The van der Waals surface area contributed by atoms with E-state index in [-0.39, 0.29) is 11.5 Å². The Bertz CT molecular complexity index is 160. The van der Waals surface area contributed by atoms with Crippen LogP contribution in [0.2, 0.25) is 0 Å². The van der Waals surface area contributed by atoms with Gasteiger partial charge in [-0.2, -0.15) is 0 Å². The lowest BCUT2D eigenvalue weighted by atomic mass is 9.87. The first-order chi connectivity index (χ1) is 5.25. The fourth-order valence-corrected chi connectivity index (χ4v) is 0.696. The van der Waals surface area contributed by atoms with Gasteiger partial charge < -0.3 is 10.4 Å². The minimum Gasteiger partial charge on any atom is -0.480 e. The number of carboxylic acids is 1. The van der Waals surface area contributed by atoms with Gasteiger partial charge in [0.1, 0.15) is 6.04 Å². The zero-order valence-electron chi connectivity index (χ0n) is 8.51. The summed E-state index contributed by atoms with van der Waals surface area (Å²) < 4.78 is 0. The molecule has 0 radical (unpaired) electrons. The van der Waals surface area contributed by atoms with E-state index in [9.17, 15) is 4.79 Å². The van der Waals surface area contributed by atoms with Crippen molar-refractivity contribution in [3.05, 3.63) is 0 Å². The molecule has 0 aromatic rings. The van der Waals surface area contributed by atoms with Crippen LogP contribution in [-0.4, -0.2) is 23.2 Å². The summed E-state index contributed by atoms with van der Waals surface area (Å²) in [5.41, 5.74) is 0.101. The third kappa shape index (κ3) is 3.72. The predicted octanol–water partition coefficient (Wildman–Crippen LogP) is 1.48. The SMILES string of the molecule is C[C@H](N[C@@H](C)C(C)(C)C)C(=O)O. The molecule has 0 fully saturated rings. The molecule has 0 amide bonds. The van der Waals surface area contributed by atoms with Gasteiger partial charge in [0.05, 0.1) is 0 Å². The summed E-state index contributed by atoms with van der Waals surface area (Å²) >= 11 is 0. The van der Waals surface area contributed by atoms with Crippen LogP contribution in [-0.2, 0) is 4.79 Å². The lowest BCUT2D eigenvalue weighted by Crippen LogP contribution is -2.45. The lowest BCUT2D eigenvalue weighted by Gasteiger charge is -2.29. The second kappa shape index (κ2) is 3.90. The first kappa shape index (κ1) is 11.4. The van der Waals surface area contributed by atoms with Crippen LogP contribution in [0.4, 0.5) is 0 Å². The van der Waals surface area contributed by atoms with Crippen LogP contribution in [0.5, 0.6) is 0 Å². The number of carbonyl (C=O) groups is 1. The maximum Gasteiger partial charge on any atom is 0.320 e. The molecular weight excluding hydrogens is 154 g/mol. The van der Waals surface area contributed by atoms with Gasteiger partial charge in [-0.15, -0.1) is 0 Å². The Labute approximate surface area is 74.2 Å². The molecule has 0 aliphatic carbocycles. The number of aliphatic carboxylic acids is 1. The summed E-state index contributed by atoms with van der Waals surface area (Å²) in [6.45, 7) is 9.90. The monoisotopic (exact) mass is 173 g/mol. The van der Waals surface area contributed by atoms with E-state index in [1.165, 1.54) is 0 Å². The van der Waals surface area contributed by atoms with E-state index in [0.717, 1.165) is 0 Å². The standard InChI is InChI=1S/C9H19NO2/c1-6(8(11)12)10-7(2)9(3,4)5/h6-7,10H,1-5H3,(H,11,12)/t6-,7-/m0/s1. The molecule has 0 saturated carbocycles. The summed E-state index contributed by atoms with van der Waals surface area (Å²) in [6, 6.07) is -0.275. The molecule has 0 rings (SSSR count). The molecule has 0 aromatic carbocycles. The van der Waals surface area contributed by atoms with Gasteiger partial charge in [-0.1, -0.05) is 20.8 Å². The van der Waals surface area contributed by atoms with Crippen molar-refractivity contribution < 1.29 is 9.90 Å². The number of hydrogen-bond acceptors (Lipinski definition) is 2. The molecule has 0 aliphatic heterocycles. The van der Waals surface area contributed by atoms with Crippen molar-refractivity contribution in [1.82, 2.24) is 5.32 Å². The van der Waals surface area contributed by atoms with Crippen LogP contribution < -0.4 is 5.32 Å². The Hall–Kier alpha value is -0.570. The fraction of sp³-hybridized carbons (Fsp3) is 0.889. The Morgan fingerprint density at radius 2 is 1.75 bits per heavy atom. The van der Waals surface area contributed by atoms with E-state index in [2.05, 4.69) is 26.1 Å². The molecule has 12 heavy (non-hydrogen) atoms. The van der Waals surface area contributed by atoms with Crippen molar-refractivity contribution in [1.29, 1.82) is 0 Å². The summed E-state index contributed by atoms with van der Waals surface area (Å²) in [7, 11) is 0. The smallest absolute Gasteiger partial charge is 0.320 e. The zero-order valence-corrected chi connectivity index (χ0v) is 8.51. The van der Waals surface area contributed by atoms with Gasteiger partial charge in [-0.3, -0.25) is 4.79 Å². The molecule has 72 valence electrons. The van der Waals surface area contributed by atoms with Crippen LogP contribution in [0, 0.1) is 5.41 Å². The minimum atomic E-state index is -0.800. The minimum absolute atomic E-state index is 0.101. The Morgan fingerprint density at radius 1 is 1.33 bits per heavy atom. The van der Waals surface area contributed by atoms with Gasteiger partial charge in [0.15, 0.2) is 0 Å². The van der Waals surface area contributed by atoms with E-state index in [0.29, 0.717) is 0 Å². The first-order valence-corrected chi connectivity index (χ1v) is 4.24. The molecule has 3 nitrogen and oxygen atoms in total. The Morgan fingerprint density at radius 3 is 2.00 bits per heavy atom. The lowest BCUT2D eigenvalue weighted by molar-refractivity contribution is -0.139. The Kier molecular flexibility index (Phi) is 3.71. The number of hydrogen-bond donors (Lipinski definition) is 2. The molecular formula is C9H19NO2. The van der Waals surface area contributed by atoms with Crippen molar-refractivity contribution in [2.75, 3.05) is 0 Å². The maximum atomic E-state index is 10.5. The largest absolute Gasteiger partial charge is 0.480 e. The highest BCUT2D eigenvalue weighted by Gasteiger charge is 2.23. The average Bonchev–Trinajstić information content (AvgIpc) is 1.85. The van der Waals surface area contributed by atoms with E-state index in [1.807, 2.05) is 6.92 Å². The molecule has 2 atom stereocenters. The molecule has 0 aliphatic rings.